The van der Waals surface area contributed by atoms with Gasteiger partial charge in [-0.1, -0.05) is 18.9 Å². The molecule has 16 heteroatoms. The number of hydrogen-bond acceptors (Lipinski definition) is 13. The number of benzene rings is 1. The van der Waals surface area contributed by atoms with Gasteiger partial charge in [-0.3, -0.25) is 48.5 Å². The third kappa shape index (κ3) is 6.70. The fraction of sp³-hybridized carbons (Fsp3) is 0.410. The summed E-state index contributed by atoms with van der Waals surface area (Å²) < 4.78 is 1.70. The van der Waals surface area contributed by atoms with E-state index in [-0.39, 0.29) is 46.9 Å². The van der Waals surface area contributed by atoms with Crippen molar-refractivity contribution in [3.8, 4) is 0 Å². The summed E-state index contributed by atoms with van der Waals surface area (Å²) in [5.41, 5.74) is 3.05. The Morgan fingerprint density at radius 3 is 2.42 bits per heavy atom. The molecule has 284 valence electrons. The van der Waals surface area contributed by atoms with E-state index in [2.05, 4.69) is 35.7 Å². The number of nitrogens with one attached hydrogen (secondary N) is 3. The zero-order valence-electron chi connectivity index (χ0n) is 30.8. The van der Waals surface area contributed by atoms with E-state index in [1.54, 1.807) is 35.9 Å². The fourth-order valence-electron chi connectivity index (χ4n) is 8.31. The van der Waals surface area contributed by atoms with E-state index in [4.69, 9.17) is 4.98 Å². The number of amides is 4. The van der Waals surface area contributed by atoms with E-state index in [9.17, 15) is 28.8 Å². The maximum Gasteiger partial charge on any atom is 0.264 e. The van der Waals surface area contributed by atoms with Crippen LogP contribution in [0.15, 0.2) is 47.5 Å². The second-order valence-electron chi connectivity index (χ2n) is 14.6. The Balaban J connectivity index is 0.869. The Labute approximate surface area is 316 Å². The fourth-order valence-corrected chi connectivity index (χ4v) is 8.31. The number of piperidine rings is 1. The molecule has 0 spiro atoms. The molecule has 3 aromatic heterocycles. The van der Waals surface area contributed by atoms with Crippen LogP contribution in [0.3, 0.4) is 0 Å². The van der Waals surface area contributed by atoms with Gasteiger partial charge in [0.1, 0.15) is 17.5 Å². The van der Waals surface area contributed by atoms with Gasteiger partial charge in [0.25, 0.3) is 17.4 Å². The van der Waals surface area contributed by atoms with Crippen molar-refractivity contribution < 1.29 is 24.0 Å². The molecule has 1 aromatic carbocycles. The van der Waals surface area contributed by atoms with E-state index < -0.39 is 29.7 Å². The molecular formula is C39H42N10O6. The van der Waals surface area contributed by atoms with Crippen molar-refractivity contribution in [1.29, 1.82) is 0 Å². The maximum atomic E-state index is 13.5. The van der Waals surface area contributed by atoms with Gasteiger partial charge < -0.3 is 15.5 Å². The van der Waals surface area contributed by atoms with E-state index in [1.807, 2.05) is 18.3 Å². The monoisotopic (exact) mass is 746 g/mol. The van der Waals surface area contributed by atoms with Gasteiger partial charge in [-0.25, -0.2) is 9.97 Å². The largest absolute Gasteiger partial charge is 0.383 e. The molecule has 4 amide bonds. The quantitative estimate of drug-likeness (QED) is 0.159. The lowest BCUT2D eigenvalue weighted by atomic mass is 10.0. The molecule has 1 atom stereocenters. The number of ketones is 1. The van der Waals surface area contributed by atoms with Crippen LogP contribution in [0, 0.1) is 6.92 Å². The lowest BCUT2D eigenvalue weighted by molar-refractivity contribution is -0.136. The van der Waals surface area contributed by atoms with E-state index in [0.717, 1.165) is 62.4 Å². The third-order valence-corrected chi connectivity index (χ3v) is 11.2. The van der Waals surface area contributed by atoms with Crippen LogP contribution in [0.4, 0.5) is 23.1 Å². The van der Waals surface area contributed by atoms with Crippen LogP contribution in [0.25, 0.3) is 11.0 Å². The molecule has 0 bridgehead atoms. The molecule has 0 radical (unpaired) electrons. The van der Waals surface area contributed by atoms with Crippen molar-refractivity contribution in [3.05, 3.63) is 75.3 Å². The molecule has 4 aliphatic rings. The van der Waals surface area contributed by atoms with Crippen molar-refractivity contribution in [2.75, 3.05) is 54.8 Å². The number of imide groups is 2. The third-order valence-electron chi connectivity index (χ3n) is 11.2. The predicted octanol–water partition coefficient (Wildman–Crippen LogP) is 3.19. The second kappa shape index (κ2) is 14.7. The molecule has 1 aliphatic carbocycles. The molecule has 8 rings (SSSR count). The first-order valence-electron chi connectivity index (χ1n) is 18.8. The van der Waals surface area contributed by atoms with Gasteiger partial charge in [0.2, 0.25) is 17.8 Å². The highest BCUT2D eigenvalue weighted by Crippen LogP contribution is 2.34. The lowest BCUT2D eigenvalue weighted by Gasteiger charge is -2.36. The van der Waals surface area contributed by atoms with Crippen LogP contribution in [0.5, 0.6) is 0 Å². The Kier molecular flexibility index (Phi) is 9.59. The standard InChI is InChI=1S/C39H42N10O6/c1-22-27-21-42-39(45-34(27)48(24-6-3-4-7-24)37(54)32(22)23(2)50)43-30-12-10-25(20-41-30)47-18-16-46(17-19-47)15-14-40-28-9-5-8-26-33(28)38(55)49(36(26)53)29-11-13-31(51)44-35(29)52/h5,8-10,12,20-21,24,29,40H,3-4,6-7,11,13-19H2,1-2H3,(H,44,51,52)(H,41,42,43,45). The SMILES string of the molecule is CC(=O)c1c(C)c2cnc(Nc3ccc(N4CCN(CCNc5cccc6c5C(=O)N(C5CCC(=O)NC5=O)C6=O)CC4)cn3)nc2n(C2CCCC2)c1=O. The van der Waals surface area contributed by atoms with Crippen LogP contribution in [0.2, 0.25) is 0 Å². The second-order valence-corrected chi connectivity index (χ2v) is 14.6. The molecule has 1 saturated carbocycles. The van der Waals surface area contributed by atoms with Gasteiger partial charge in [0, 0.05) is 69.0 Å². The first kappa shape index (κ1) is 36.0. The molecule has 3 aliphatic heterocycles. The maximum absolute atomic E-state index is 13.5. The van der Waals surface area contributed by atoms with Crippen molar-refractivity contribution in [3.63, 3.8) is 0 Å². The summed E-state index contributed by atoms with van der Waals surface area (Å²) in [6.45, 7) is 7.67. The number of carbonyl (C=O) groups excluding carboxylic acids is 5. The minimum absolute atomic E-state index is 0.00676. The highest BCUT2D eigenvalue weighted by Gasteiger charge is 2.45. The van der Waals surface area contributed by atoms with Gasteiger partial charge in [0.15, 0.2) is 5.78 Å². The summed E-state index contributed by atoms with van der Waals surface area (Å²) in [5, 5.41) is 9.43. The molecule has 2 saturated heterocycles. The molecule has 3 fully saturated rings. The summed E-state index contributed by atoms with van der Waals surface area (Å²) in [4.78, 5) is 96.1. The first-order chi connectivity index (χ1) is 26.6. The summed E-state index contributed by atoms with van der Waals surface area (Å²) >= 11 is 0. The molecule has 16 nitrogen and oxygen atoms in total. The number of piperazine rings is 1. The van der Waals surface area contributed by atoms with Crippen LogP contribution in [0.1, 0.15) is 88.1 Å². The Hall–Kier alpha value is -6.03. The van der Waals surface area contributed by atoms with Crippen molar-refractivity contribution >= 4 is 63.6 Å². The number of Topliss-reactive ketones (excluding diaryl/α,β-unsaturated/α-hetero) is 1. The summed E-state index contributed by atoms with van der Waals surface area (Å²) in [6, 6.07) is 7.92. The predicted molar refractivity (Wildman–Crippen MR) is 204 cm³/mol. The smallest absolute Gasteiger partial charge is 0.264 e. The van der Waals surface area contributed by atoms with E-state index >= 15 is 0 Å². The molecular weight excluding hydrogens is 704 g/mol. The molecule has 1 unspecified atom stereocenters. The van der Waals surface area contributed by atoms with Gasteiger partial charge >= 0.3 is 0 Å². The zero-order valence-corrected chi connectivity index (χ0v) is 30.8. The Morgan fingerprint density at radius 1 is 0.927 bits per heavy atom. The minimum Gasteiger partial charge on any atom is -0.383 e. The van der Waals surface area contributed by atoms with Gasteiger partial charge in [-0.2, -0.15) is 4.98 Å². The zero-order chi connectivity index (χ0) is 38.4. The number of fused-ring (bicyclic) bond motifs is 2. The summed E-state index contributed by atoms with van der Waals surface area (Å²) in [7, 11) is 0. The highest BCUT2D eigenvalue weighted by atomic mass is 16.2. The average molecular weight is 747 g/mol. The first-order valence-corrected chi connectivity index (χ1v) is 18.8. The van der Waals surface area contributed by atoms with E-state index in [1.165, 1.54) is 6.92 Å². The number of aromatic nitrogens is 4. The molecule has 3 N–H and O–H groups in total. The summed E-state index contributed by atoms with van der Waals surface area (Å²) in [6.07, 6.45) is 7.45. The van der Waals surface area contributed by atoms with Gasteiger partial charge in [0.05, 0.1) is 28.6 Å². The van der Waals surface area contributed by atoms with Crippen molar-refractivity contribution in [1.82, 2.24) is 34.6 Å². The summed E-state index contributed by atoms with van der Waals surface area (Å²) in [5.74, 6) is -1.48. The molecule has 4 aromatic rings. The van der Waals surface area contributed by atoms with Crippen LogP contribution in [-0.2, 0) is 9.59 Å². The highest BCUT2D eigenvalue weighted by molar-refractivity contribution is 6.25. The number of nitrogens with zero attached hydrogens (tertiary/aromatic N) is 7. The van der Waals surface area contributed by atoms with Crippen LogP contribution >= 0.6 is 0 Å². The number of rotatable bonds is 10. The number of carbonyl (C=O) groups is 5. The van der Waals surface area contributed by atoms with Gasteiger partial charge in [-0.05, 0) is 62.9 Å². The van der Waals surface area contributed by atoms with Crippen molar-refractivity contribution in [2.24, 2.45) is 0 Å². The number of pyridine rings is 2. The Bertz CT molecular complexity index is 2290. The normalized spacial score (nSPS) is 19.3. The number of hydrogen-bond donors (Lipinski definition) is 3. The van der Waals surface area contributed by atoms with Gasteiger partial charge in [-0.15, -0.1) is 0 Å². The topological polar surface area (TPSA) is 192 Å². The van der Waals surface area contributed by atoms with Crippen LogP contribution < -0.4 is 26.4 Å². The minimum atomic E-state index is -1.01. The van der Waals surface area contributed by atoms with E-state index in [0.29, 0.717) is 47.1 Å². The van der Waals surface area contributed by atoms with Crippen LogP contribution in [-0.4, -0.2) is 104 Å². The number of aryl methyl sites for hydroxylation is 1. The lowest BCUT2D eigenvalue weighted by Crippen LogP contribution is -2.54. The molecule has 55 heavy (non-hydrogen) atoms. The Morgan fingerprint density at radius 2 is 1.71 bits per heavy atom. The average Bonchev–Trinajstić information content (AvgIpc) is 3.79. The molecule has 6 heterocycles. The van der Waals surface area contributed by atoms with Crippen molar-refractivity contribution in [2.45, 2.75) is 64.5 Å². The number of anilines is 4.